The number of rotatable bonds is 10. The zero-order chi connectivity index (χ0) is 21.3. The molecule has 14 nitrogen and oxygen atoms in total. The molecule has 0 fully saturated rings. The maximum Gasteiger partial charge on any atom is 1.00 e. The van der Waals surface area contributed by atoms with Crippen molar-refractivity contribution in [1.29, 1.82) is 0 Å². The van der Waals surface area contributed by atoms with E-state index in [0.717, 1.165) is 0 Å². The van der Waals surface area contributed by atoms with Gasteiger partial charge in [0.1, 0.15) is 11.2 Å². The molecule has 0 rings (SSSR count). The smallest absolute Gasteiger partial charge is 0.550 e. The largest absolute Gasteiger partial charge is 1.00 e. The van der Waals surface area contributed by atoms with Crippen molar-refractivity contribution in [3.05, 3.63) is 0 Å². The van der Waals surface area contributed by atoms with E-state index in [0.29, 0.717) is 0 Å². The quantitative estimate of drug-likeness (QED) is 0.233. The third-order valence-electron chi connectivity index (χ3n) is 2.51. The number of hydrogen-bond acceptors (Lipinski definition) is 14. The first-order valence-corrected chi connectivity index (χ1v) is 6.23. The Morgan fingerprint density at radius 1 is 0.469 bits per heavy atom. The van der Waals surface area contributed by atoms with Crippen molar-refractivity contribution in [2.45, 2.75) is 36.9 Å². The Hall–Kier alpha value is 4.65. The molecule has 148 valence electrons. The van der Waals surface area contributed by atoms with E-state index in [2.05, 4.69) is 0 Å². The average molecular weight is 564 g/mol. The van der Waals surface area contributed by atoms with E-state index in [4.69, 9.17) is 10.2 Å². The molecule has 0 aliphatic carbocycles. The first-order valence-electron chi connectivity index (χ1n) is 6.23. The van der Waals surface area contributed by atoms with Crippen molar-refractivity contribution in [2.75, 3.05) is 0 Å². The zero-order valence-electron chi connectivity index (χ0n) is 18.6. The van der Waals surface area contributed by atoms with Crippen LogP contribution in [-0.2, 0) is 28.8 Å². The van der Waals surface area contributed by atoms with E-state index in [9.17, 15) is 59.4 Å². The molecule has 0 radical (unpaired) electrons. The van der Waals surface area contributed by atoms with Crippen LogP contribution in [0.2, 0.25) is 0 Å². The van der Waals surface area contributed by atoms with Gasteiger partial charge in [0.25, 0.3) is 0 Å². The van der Waals surface area contributed by atoms with Crippen LogP contribution in [0.15, 0.2) is 0 Å². The fourth-order valence-electron chi connectivity index (χ4n) is 1.37. The van der Waals surface area contributed by atoms with Gasteiger partial charge in [-0.3, -0.25) is 0 Å². The summed E-state index contributed by atoms with van der Waals surface area (Å²) in [7, 11) is 0. The maximum absolute atomic E-state index is 10.1. The molecule has 0 heterocycles. The number of hydrogen-bond donors (Lipinski definition) is 2. The second-order valence-electron chi connectivity index (χ2n) is 4.83. The van der Waals surface area contributed by atoms with Crippen LogP contribution in [-0.4, -0.2) is 57.2 Å². The minimum Gasteiger partial charge on any atom is -0.550 e. The van der Waals surface area contributed by atoms with Gasteiger partial charge in [-0.15, -0.1) is 0 Å². The van der Waals surface area contributed by atoms with Crippen molar-refractivity contribution in [3.8, 4) is 0 Å². The summed E-state index contributed by atoms with van der Waals surface area (Å²) in [5, 5.41) is 77.9. The summed E-state index contributed by atoms with van der Waals surface area (Å²) in [4.78, 5) is 60.0. The Morgan fingerprint density at radius 3 is 0.656 bits per heavy atom. The minimum atomic E-state index is -2.97. The number of carboxylic acids is 6. The van der Waals surface area contributed by atoms with E-state index in [1.54, 1.807) is 0 Å². The van der Waals surface area contributed by atoms with Gasteiger partial charge in [-0.25, -0.2) is 0 Å². The van der Waals surface area contributed by atoms with E-state index < -0.39 is 72.7 Å². The number of carbonyl (C=O) groups excluding carboxylic acids is 6. The molecule has 0 spiro atoms. The molecule has 0 bridgehead atoms. The van der Waals surface area contributed by atoms with Crippen molar-refractivity contribution >= 4 is 35.8 Å². The molecule has 0 aliphatic heterocycles. The van der Waals surface area contributed by atoms with Gasteiger partial charge < -0.3 is 69.6 Å². The van der Waals surface area contributed by atoms with Crippen molar-refractivity contribution in [3.63, 3.8) is 0 Å². The molecular formula is C12H10K3Na3O14. The maximum atomic E-state index is 10.1. The van der Waals surface area contributed by atoms with Crippen LogP contribution in [0, 0.1) is 0 Å². The molecule has 0 saturated carbocycles. The van der Waals surface area contributed by atoms with Gasteiger partial charge in [-0.05, 0) is 0 Å². The molecular weight excluding hydrogens is 554 g/mol. The van der Waals surface area contributed by atoms with Crippen LogP contribution >= 0.6 is 0 Å². The molecule has 0 aliphatic rings. The molecule has 0 atom stereocenters. The average Bonchev–Trinajstić information content (AvgIpc) is 2.34. The fourth-order valence-corrected chi connectivity index (χ4v) is 1.37. The normalized spacial score (nSPS) is 8.81. The third kappa shape index (κ3) is 29.2. The second kappa shape index (κ2) is 28.7. The van der Waals surface area contributed by atoms with Gasteiger partial charge in [0.15, 0.2) is 0 Å². The SMILES string of the molecule is O=C([O-])CC(O)(CC(=O)[O-])C(=O)[O-].O=C([O-])CC(O)(CC(=O)[O-])C(=O)[O-].[K+].[K+].[K+].[Na+].[Na+].[Na+]. The van der Waals surface area contributed by atoms with Crippen LogP contribution in [0.3, 0.4) is 0 Å². The van der Waals surface area contributed by atoms with Crippen molar-refractivity contribution in [2.24, 2.45) is 0 Å². The molecule has 0 saturated heterocycles. The van der Waals surface area contributed by atoms with Gasteiger partial charge in [0.05, 0.1) is 11.9 Å². The molecule has 32 heavy (non-hydrogen) atoms. The molecule has 20 heteroatoms. The van der Waals surface area contributed by atoms with Gasteiger partial charge >= 0.3 is 243 Å². The van der Waals surface area contributed by atoms with Gasteiger partial charge in [-0.2, -0.15) is 0 Å². The summed E-state index contributed by atoms with van der Waals surface area (Å²) in [6.07, 6.45) is -5.43. The molecule has 0 aromatic rings. The van der Waals surface area contributed by atoms with Crippen LogP contribution in [0.1, 0.15) is 25.7 Å². The Labute approximate surface area is 375 Å². The standard InChI is InChI=1S/2C6H8O7.3K.3Na/c2*7-3(8)1-6(13,5(11)12)2-4(9)10;;;;;;/h2*13H,1-2H2,(H,7,8)(H,9,10)(H,11,12);;;;;;/q;;6*+1/p-6. The summed E-state index contributed by atoms with van der Waals surface area (Å²) in [6.45, 7) is 0. The summed E-state index contributed by atoms with van der Waals surface area (Å²) >= 11 is 0. The van der Waals surface area contributed by atoms with Crippen LogP contribution in [0.25, 0.3) is 0 Å². The number of carboxylic acid groups (broad SMARTS) is 6. The predicted molar refractivity (Wildman–Crippen MR) is 58.4 cm³/mol. The van der Waals surface area contributed by atoms with Crippen molar-refractivity contribution in [1.82, 2.24) is 0 Å². The molecule has 2 N–H and O–H groups in total. The fraction of sp³-hybridized carbons (Fsp3) is 0.500. The van der Waals surface area contributed by atoms with Crippen LogP contribution < -0.4 is 273 Å². The first kappa shape index (κ1) is 56.7. The number of aliphatic carboxylic acids is 6. The van der Waals surface area contributed by atoms with Gasteiger partial charge in [0.2, 0.25) is 0 Å². The van der Waals surface area contributed by atoms with E-state index in [1.807, 2.05) is 0 Å². The zero-order valence-corrected chi connectivity index (χ0v) is 34.0. The first-order chi connectivity index (χ1) is 11.6. The van der Waals surface area contributed by atoms with E-state index in [1.165, 1.54) is 0 Å². The monoisotopic (exact) mass is 564 g/mol. The Morgan fingerprint density at radius 2 is 0.594 bits per heavy atom. The van der Waals surface area contributed by atoms with Gasteiger partial charge in [0, 0.05) is 49.6 Å². The predicted octanol–water partition coefficient (Wildman–Crippen LogP) is -28.5. The molecule has 0 aromatic carbocycles. The number of aliphatic hydroxyl groups is 2. The topological polar surface area (TPSA) is 281 Å². The summed E-state index contributed by atoms with van der Waals surface area (Å²) < 4.78 is 0. The van der Waals surface area contributed by atoms with Crippen LogP contribution in [0.5, 0.6) is 0 Å². The molecule has 0 aromatic heterocycles. The van der Waals surface area contributed by atoms with Crippen LogP contribution in [0.4, 0.5) is 0 Å². The summed E-state index contributed by atoms with van der Waals surface area (Å²) in [6, 6.07) is 0. The minimum absolute atomic E-state index is 0. The van der Waals surface area contributed by atoms with E-state index in [-0.39, 0.29) is 243 Å². The Bertz CT molecular complexity index is 535. The number of carbonyl (C=O) groups is 6. The summed E-state index contributed by atoms with van der Waals surface area (Å²) in [5.41, 5.74) is -5.95. The molecule has 0 unspecified atom stereocenters. The third-order valence-corrected chi connectivity index (χ3v) is 2.51. The summed E-state index contributed by atoms with van der Waals surface area (Å²) in [5.74, 6) is -12.0. The van der Waals surface area contributed by atoms with Crippen molar-refractivity contribution < 1.29 is 312 Å². The second-order valence-corrected chi connectivity index (χ2v) is 4.83. The van der Waals surface area contributed by atoms with Gasteiger partial charge in [-0.1, -0.05) is 0 Å². The molecule has 0 amide bonds. The van der Waals surface area contributed by atoms with E-state index >= 15 is 0 Å². The Balaban J connectivity index is -0.0000000505. The Kier molecular flexibility index (Phi) is 50.8.